The summed E-state index contributed by atoms with van der Waals surface area (Å²) in [6.45, 7) is 5.43. The predicted octanol–water partition coefficient (Wildman–Crippen LogP) is 4.49. The van der Waals surface area contributed by atoms with Crippen molar-refractivity contribution in [2.75, 3.05) is 6.54 Å². The SMILES string of the molecule is CCCNC(CC1CC1)c1cccc(Cl)c1C. The third-order valence-electron chi connectivity index (χ3n) is 3.59. The average Bonchev–Trinajstić information content (AvgIpc) is 3.12. The lowest BCUT2D eigenvalue weighted by atomic mass is 9.96. The molecule has 1 saturated carbocycles. The minimum absolute atomic E-state index is 0.487. The molecule has 0 aromatic heterocycles. The van der Waals surface area contributed by atoms with Crippen LogP contribution in [0.25, 0.3) is 0 Å². The lowest BCUT2D eigenvalue weighted by molar-refractivity contribution is 0.472. The molecule has 1 nitrogen and oxygen atoms in total. The third kappa shape index (κ3) is 3.46. The van der Waals surface area contributed by atoms with Crippen molar-refractivity contribution in [2.45, 2.75) is 45.6 Å². The van der Waals surface area contributed by atoms with Crippen molar-refractivity contribution in [3.05, 3.63) is 34.3 Å². The van der Waals surface area contributed by atoms with Gasteiger partial charge in [0.25, 0.3) is 0 Å². The predicted molar refractivity (Wildman–Crippen MR) is 74.6 cm³/mol. The van der Waals surface area contributed by atoms with Gasteiger partial charge in [-0.1, -0.05) is 43.5 Å². The van der Waals surface area contributed by atoms with Crippen LogP contribution in [0.3, 0.4) is 0 Å². The molecule has 0 heterocycles. The maximum atomic E-state index is 6.22. The summed E-state index contributed by atoms with van der Waals surface area (Å²) in [6, 6.07) is 6.75. The van der Waals surface area contributed by atoms with Crippen LogP contribution in [-0.4, -0.2) is 6.54 Å². The Balaban J connectivity index is 2.14. The highest BCUT2D eigenvalue weighted by Gasteiger charge is 2.26. The van der Waals surface area contributed by atoms with Gasteiger partial charge in [-0.05, 0) is 49.4 Å². The van der Waals surface area contributed by atoms with Gasteiger partial charge in [0, 0.05) is 11.1 Å². The number of hydrogen-bond acceptors (Lipinski definition) is 1. The molecule has 0 amide bonds. The van der Waals surface area contributed by atoms with Gasteiger partial charge in [-0.15, -0.1) is 0 Å². The van der Waals surface area contributed by atoms with Crippen LogP contribution < -0.4 is 5.32 Å². The normalized spacial score (nSPS) is 17.1. The van der Waals surface area contributed by atoms with E-state index in [1.807, 2.05) is 6.07 Å². The molecule has 17 heavy (non-hydrogen) atoms. The van der Waals surface area contributed by atoms with Gasteiger partial charge < -0.3 is 5.32 Å². The molecule has 0 radical (unpaired) electrons. The van der Waals surface area contributed by atoms with Crippen LogP contribution in [-0.2, 0) is 0 Å². The lowest BCUT2D eigenvalue weighted by Gasteiger charge is -2.21. The topological polar surface area (TPSA) is 12.0 Å². The minimum Gasteiger partial charge on any atom is -0.310 e. The molecule has 0 spiro atoms. The molecule has 0 aliphatic heterocycles. The molecule has 1 aliphatic rings. The number of hydrogen-bond donors (Lipinski definition) is 1. The molecule has 1 fully saturated rings. The molecule has 1 N–H and O–H groups in total. The van der Waals surface area contributed by atoms with E-state index in [2.05, 4.69) is 31.3 Å². The number of halogens is 1. The summed E-state index contributed by atoms with van der Waals surface area (Å²) in [5, 5.41) is 4.56. The van der Waals surface area contributed by atoms with Crippen LogP contribution in [0.4, 0.5) is 0 Å². The van der Waals surface area contributed by atoms with Gasteiger partial charge in [-0.3, -0.25) is 0 Å². The first-order chi connectivity index (χ1) is 8.22. The maximum Gasteiger partial charge on any atom is 0.0438 e. The highest BCUT2D eigenvalue weighted by atomic mass is 35.5. The number of benzene rings is 1. The summed E-state index contributed by atoms with van der Waals surface area (Å²) < 4.78 is 0. The second-order valence-electron chi connectivity index (χ2n) is 5.14. The van der Waals surface area contributed by atoms with Gasteiger partial charge in [0.1, 0.15) is 0 Å². The maximum absolute atomic E-state index is 6.22. The molecular formula is C15H22ClN. The number of nitrogens with one attached hydrogen (secondary N) is 1. The molecule has 1 aliphatic carbocycles. The van der Waals surface area contributed by atoms with Crippen molar-refractivity contribution in [1.29, 1.82) is 0 Å². The standard InChI is InChI=1S/C15H22ClN/c1-3-9-17-15(10-12-7-8-12)13-5-4-6-14(16)11(13)2/h4-6,12,15,17H,3,7-10H2,1-2H3. The molecule has 0 saturated heterocycles. The first-order valence-corrected chi connectivity index (χ1v) is 7.08. The molecule has 2 rings (SSSR count). The second-order valence-corrected chi connectivity index (χ2v) is 5.55. The summed E-state index contributed by atoms with van der Waals surface area (Å²) in [4.78, 5) is 0. The second kappa shape index (κ2) is 5.88. The van der Waals surface area contributed by atoms with Crippen molar-refractivity contribution >= 4 is 11.6 Å². The summed E-state index contributed by atoms with van der Waals surface area (Å²) in [7, 11) is 0. The molecule has 1 atom stereocenters. The van der Waals surface area contributed by atoms with Crippen molar-refractivity contribution in [3.63, 3.8) is 0 Å². The fourth-order valence-electron chi connectivity index (χ4n) is 2.33. The van der Waals surface area contributed by atoms with Crippen molar-refractivity contribution in [3.8, 4) is 0 Å². The zero-order valence-corrected chi connectivity index (χ0v) is 11.6. The van der Waals surface area contributed by atoms with Crippen molar-refractivity contribution in [2.24, 2.45) is 5.92 Å². The van der Waals surface area contributed by atoms with Crippen molar-refractivity contribution in [1.82, 2.24) is 5.32 Å². The van der Waals surface area contributed by atoms with Crippen LogP contribution in [0.15, 0.2) is 18.2 Å². The average molecular weight is 252 g/mol. The first-order valence-electron chi connectivity index (χ1n) is 6.70. The van der Waals surface area contributed by atoms with Gasteiger partial charge in [-0.25, -0.2) is 0 Å². The van der Waals surface area contributed by atoms with E-state index in [1.54, 1.807) is 0 Å². The van der Waals surface area contributed by atoms with E-state index in [0.29, 0.717) is 6.04 Å². The lowest BCUT2D eigenvalue weighted by Crippen LogP contribution is -2.23. The van der Waals surface area contributed by atoms with E-state index >= 15 is 0 Å². The molecule has 2 heteroatoms. The number of rotatable bonds is 6. The molecule has 94 valence electrons. The van der Waals surface area contributed by atoms with Gasteiger partial charge >= 0.3 is 0 Å². The highest BCUT2D eigenvalue weighted by molar-refractivity contribution is 6.31. The first kappa shape index (κ1) is 12.9. The van der Waals surface area contributed by atoms with Crippen LogP contribution in [0.2, 0.25) is 5.02 Å². The Morgan fingerprint density at radius 1 is 1.41 bits per heavy atom. The molecule has 1 unspecified atom stereocenters. The smallest absolute Gasteiger partial charge is 0.0438 e. The third-order valence-corrected chi connectivity index (χ3v) is 4.00. The van der Waals surface area contributed by atoms with Crippen LogP contribution in [0.1, 0.15) is 49.8 Å². The minimum atomic E-state index is 0.487. The fourth-order valence-corrected chi connectivity index (χ4v) is 2.51. The summed E-state index contributed by atoms with van der Waals surface area (Å²) in [6.07, 6.45) is 5.26. The van der Waals surface area contributed by atoms with Crippen molar-refractivity contribution < 1.29 is 0 Å². The zero-order chi connectivity index (χ0) is 12.3. The van der Waals surface area contributed by atoms with Gasteiger partial charge in [-0.2, -0.15) is 0 Å². The largest absolute Gasteiger partial charge is 0.310 e. The van der Waals surface area contributed by atoms with E-state index < -0.39 is 0 Å². The van der Waals surface area contributed by atoms with Crippen LogP contribution in [0, 0.1) is 12.8 Å². The molecular weight excluding hydrogens is 230 g/mol. The Morgan fingerprint density at radius 2 is 2.18 bits per heavy atom. The Kier molecular flexibility index (Phi) is 4.47. The van der Waals surface area contributed by atoms with Gasteiger partial charge in [0.05, 0.1) is 0 Å². The summed E-state index contributed by atoms with van der Waals surface area (Å²) >= 11 is 6.22. The fraction of sp³-hybridized carbons (Fsp3) is 0.600. The van der Waals surface area contributed by atoms with E-state index in [1.165, 1.54) is 36.8 Å². The Bertz CT molecular complexity index is 371. The van der Waals surface area contributed by atoms with E-state index in [4.69, 9.17) is 11.6 Å². The van der Waals surface area contributed by atoms with E-state index in [-0.39, 0.29) is 0 Å². The highest BCUT2D eigenvalue weighted by Crippen LogP contribution is 2.38. The van der Waals surface area contributed by atoms with E-state index in [0.717, 1.165) is 17.5 Å². The van der Waals surface area contributed by atoms with Crippen LogP contribution >= 0.6 is 11.6 Å². The summed E-state index contributed by atoms with van der Waals surface area (Å²) in [5.41, 5.74) is 2.63. The van der Waals surface area contributed by atoms with Crippen LogP contribution in [0.5, 0.6) is 0 Å². The Labute approximate surface area is 110 Å². The van der Waals surface area contributed by atoms with E-state index in [9.17, 15) is 0 Å². The molecule has 0 bridgehead atoms. The molecule has 1 aromatic rings. The monoisotopic (exact) mass is 251 g/mol. The van der Waals surface area contributed by atoms with Gasteiger partial charge in [0.15, 0.2) is 0 Å². The Morgan fingerprint density at radius 3 is 2.82 bits per heavy atom. The van der Waals surface area contributed by atoms with Gasteiger partial charge in [0.2, 0.25) is 0 Å². The molecule has 1 aromatic carbocycles. The summed E-state index contributed by atoms with van der Waals surface area (Å²) in [5.74, 6) is 0.933. The Hall–Kier alpha value is -0.530. The quantitative estimate of drug-likeness (QED) is 0.786. The zero-order valence-electron chi connectivity index (χ0n) is 10.8.